The van der Waals surface area contributed by atoms with Crippen molar-refractivity contribution in [2.45, 2.75) is 38.3 Å². The van der Waals surface area contributed by atoms with Gasteiger partial charge in [0, 0.05) is 5.69 Å². The number of benzene rings is 5. The van der Waals surface area contributed by atoms with Crippen LogP contribution in [0, 0.1) is 13.8 Å². The summed E-state index contributed by atoms with van der Waals surface area (Å²) in [6, 6.07) is 10.4. The molecule has 6 rings (SSSR count). The van der Waals surface area contributed by atoms with Gasteiger partial charge in [-0.3, -0.25) is 27.7 Å². The van der Waals surface area contributed by atoms with E-state index < -0.39 is 115 Å². The van der Waals surface area contributed by atoms with Gasteiger partial charge in [0.05, 0.1) is 32.2 Å². The van der Waals surface area contributed by atoms with Crippen LogP contribution in [0.1, 0.15) is 11.1 Å². The second-order valence-electron chi connectivity index (χ2n) is 13.2. The van der Waals surface area contributed by atoms with E-state index in [1.54, 1.807) is 0 Å². The van der Waals surface area contributed by atoms with Crippen LogP contribution in [0.4, 0.5) is 45.8 Å². The van der Waals surface area contributed by atoms with Gasteiger partial charge >= 0.3 is 0 Å². The second-order valence-corrected chi connectivity index (χ2v) is 20.5. The zero-order valence-electron chi connectivity index (χ0n) is 32.2. The highest BCUT2D eigenvalue weighted by Gasteiger charge is 2.28. The first-order chi connectivity index (χ1) is 29.9. The summed E-state index contributed by atoms with van der Waals surface area (Å²) in [7, 11) is -25.1. The molecule has 0 aliphatic carbocycles. The third kappa shape index (κ3) is 10.8. The Bertz CT molecular complexity index is 3740. The van der Waals surface area contributed by atoms with E-state index in [0.717, 1.165) is 48.5 Å². The summed E-state index contributed by atoms with van der Waals surface area (Å²) in [5.74, 6) is -1.35. The smallest absolute Gasteiger partial charge is 0.296 e. The standard InChI is InChI=1S/C33H27ClN10O16S5/c1-14-9-18(61(46,47)48)4-6-20(14)37-33-39-31(34)38-32(40-33)36-17-3-8-23(63(52,53)54)22(13-17)42-44-29-25(65(58,59)60)12-16-11-24(64(55,56)57)28(27(35)26(16)30(29)45)43-41-21-7-5-19(10-15(21)2)62(49,50)51/h3-13,45H,35H2,1-2H3,(H,46,47,48)(H,49,50,51)(H,52,53,54)(H,55,56,57)(H,58,59,60)(H2,36,37,38,39,40). The molecule has 342 valence electrons. The Hall–Kier alpha value is -6.39. The molecule has 65 heavy (non-hydrogen) atoms. The van der Waals surface area contributed by atoms with Gasteiger partial charge in [-0.1, -0.05) is 0 Å². The second kappa shape index (κ2) is 17.2. The maximum absolute atomic E-state index is 12.6. The molecule has 1 aromatic heterocycles. The number of nitrogen functional groups attached to an aromatic ring is 1. The van der Waals surface area contributed by atoms with Gasteiger partial charge in [-0.05, 0) is 109 Å². The van der Waals surface area contributed by atoms with E-state index in [-0.39, 0.29) is 33.4 Å². The number of phenolic OH excluding ortho intramolecular Hbond substituents is 1. The fourth-order valence-corrected chi connectivity index (χ4v) is 8.98. The molecule has 26 nitrogen and oxygen atoms in total. The lowest BCUT2D eigenvalue weighted by atomic mass is 10.1. The number of rotatable bonds is 12. The van der Waals surface area contributed by atoms with E-state index in [1.165, 1.54) is 19.9 Å². The minimum atomic E-state index is -5.45. The third-order valence-electron chi connectivity index (χ3n) is 8.69. The molecular formula is C33H27ClN10O16S5. The van der Waals surface area contributed by atoms with Crippen molar-refractivity contribution in [1.82, 2.24) is 15.0 Å². The van der Waals surface area contributed by atoms with Crippen molar-refractivity contribution in [2.75, 3.05) is 11.1 Å². The zero-order valence-corrected chi connectivity index (χ0v) is 37.1. The van der Waals surface area contributed by atoms with Gasteiger partial charge < -0.3 is 16.2 Å². The summed E-state index contributed by atoms with van der Waals surface area (Å²) >= 11 is 6.09. The molecule has 0 aliphatic heterocycles. The Kier molecular flexibility index (Phi) is 12.7. The minimum Gasteiger partial charge on any atom is -0.505 e. The highest BCUT2D eigenvalue weighted by molar-refractivity contribution is 7.87. The molecule has 0 atom stereocenters. The lowest BCUT2D eigenvalue weighted by molar-refractivity contribution is 0.472. The van der Waals surface area contributed by atoms with Crippen LogP contribution in [-0.4, -0.2) is 84.9 Å². The van der Waals surface area contributed by atoms with Crippen molar-refractivity contribution in [3.05, 3.63) is 88.8 Å². The number of aromatic hydroxyl groups is 1. The Labute approximate surface area is 371 Å². The number of H-pyrrole nitrogens is 1. The van der Waals surface area contributed by atoms with E-state index in [4.69, 9.17) is 17.3 Å². The summed E-state index contributed by atoms with van der Waals surface area (Å²) < 4.78 is 170. The van der Waals surface area contributed by atoms with Gasteiger partial charge in [-0.2, -0.15) is 57.2 Å². The van der Waals surface area contributed by atoms with Crippen molar-refractivity contribution in [1.29, 1.82) is 0 Å². The lowest BCUT2D eigenvalue weighted by Crippen LogP contribution is -2.16. The summed E-state index contributed by atoms with van der Waals surface area (Å²) in [5, 5.41) is 27.7. The normalized spacial score (nSPS) is 13.3. The Morgan fingerprint density at radius 1 is 0.615 bits per heavy atom. The number of nitrogens with two attached hydrogens (primary N) is 1. The number of hydrogen-bond donors (Lipinski definition) is 9. The molecule has 0 unspecified atom stereocenters. The fourth-order valence-electron chi connectivity index (χ4n) is 5.75. The number of azo groups is 2. The summed E-state index contributed by atoms with van der Waals surface area (Å²) in [6.45, 7) is 2.85. The molecule has 5 aromatic carbocycles. The van der Waals surface area contributed by atoms with E-state index in [2.05, 4.69) is 45.7 Å². The maximum Gasteiger partial charge on any atom is 0.296 e. The molecule has 0 spiro atoms. The maximum atomic E-state index is 12.6. The number of aromatic nitrogens is 3. The molecule has 1 heterocycles. The molecule has 0 amide bonds. The van der Waals surface area contributed by atoms with E-state index in [9.17, 15) is 70.0 Å². The van der Waals surface area contributed by atoms with Gasteiger partial charge in [-0.15, -0.1) is 15.3 Å². The highest BCUT2D eigenvalue weighted by Crippen LogP contribution is 2.48. The van der Waals surface area contributed by atoms with Gasteiger partial charge in [0.25, 0.3) is 50.6 Å². The summed E-state index contributed by atoms with van der Waals surface area (Å²) in [6.07, 6.45) is 0. The van der Waals surface area contributed by atoms with Crippen LogP contribution < -0.4 is 16.7 Å². The van der Waals surface area contributed by atoms with Crippen LogP contribution in [0.25, 0.3) is 10.8 Å². The Morgan fingerprint density at radius 2 is 1.15 bits per heavy atom. The molecule has 6 aromatic rings. The van der Waals surface area contributed by atoms with Crippen molar-refractivity contribution >= 4 is 119 Å². The topological polar surface area (TPSA) is 433 Å². The van der Waals surface area contributed by atoms with Crippen molar-refractivity contribution < 1.29 is 70.0 Å². The highest BCUT2D eigenvalue weighted by atomic mass is 35.5. The van der Waals surface area contributed by atoms with Gasteiger partial charge in [0.1, 0.15) is 31.7 Å². The van der Waals surface area contributed by atoms with Crippen LogP contribution >= 0.6 is 11.6 Å². The number of halogens is 1. The van der Waals surface area contributed by atoms with Crippen molar-refractivity contribution in [3.63, 3.8) is 0 Å². The number of aryl methyl sites for hydroxylation is 2. The molecule has 10 N–H and O–H groups in total. The number of aromatic amines is 1. The summed E-state index contributed by atoms with van der Waals surface area (Å²) in [5.41, 5.74) is 2.76. The molecule has 32 heteroatoms. The fraction of sp³-hybridized carbons (Fsp3) is 0.0606. The van der Waals surface area contributed by atoms with Crippen molar-refractivity contribution in [2.24, 2.45) is 25.4 Å². The Balaban J connectivity index is 1.49. The van der Waals surface area contributed by atoms with Crippen LogP contribution in [-0.2, 0) is 50.6 Å². The number of fused-ring (bicyclic) bond motifs is 1. The van der Waals surface area contributed by atoms with Gasteiger partial charge in [-0.25, -0.2) is 4.99 Å². The SMILES string of the molecule is Cc1cc(S(=O)(=O)O)ccc1N=Nc1c(S(=O)(=O)O)cc2cc(S(=O)(=O)O)c(N=Nc3cc(N=c4nc(Cl)nc(Nc5ccc(S(=O)(=O)O)cc5C)[nH]4)ccc3S(=O)(=O)O)c(O)c2c1N. The zero-order chi connectivity index (χ0) is 48.2. The molecule has 0 bridgehead atoms. The average molecular weight is 1020 g/mol. The largest absolute Gasteiger partial charge is 0.505 e. The predicted molar refractivity (Wildman–Crippen MR) is 226 cm³/mol. The Morgan fingerprint density at radius 3 is 1.71 bits per heavy atom. The average Bonchev–Trinajstić information content (AvgIpc) is 3.16. The van der Waals surface area contributed by atoms with Crippen molar-refractivity contribution in [3.8, 4) is 5.75 Å². The summed E-state index contributed by atoms with van der Waals surface area (Å²) in [4.78, 5) is 10.5. The van der Waals surface area contributed by atoms with E-state index in [0.29, 0.717) is 23.4 Å². The first-order valence-electron chi connectivity index (χ1n) is 17.1. The van der Waals surface area contributed by atoms with Crippen LogP contribution in [0.3, 0.4) is 0 Å². The monoisotopic (exact) mass is 1010 g/mol. The first kappa shape index (κ1) is 48.1. The number of hydrogen-bond acceptors (Lipinski definition) is 20. The first-order valence-corrected chi connectivity index (χ1v) is 24.6. The number of nitrogens with zero attached hydrogens (tertiary/aromatic N) is 7. The number of anilines is 3. The molecule has 0 saturated heterocycles. The lowest BCUT2D eigenvalue weighted by Gasteiger charge is -2.14. The number of phenols is 1. The van der Waals surface area contributed by atoms with Gasteiger partial charge in [0.2, 0.25) is 16.9 Å². The molecule has 0 saturated carbocycles. The van der Waals surface area contributed by atoms with Crippen LogP contribution in [0.15, 0.2) is 117 Å². The van der Waals surface area contributed by atoms with E-state index >= 15 is 0 Å². The molecular weight excluding hydrogens is 988 g/mol. The molecule has 0 radical (unpaired) electrons. The van der Waals surface area contributed by atoms with Crippen LogP contribution in [0.2, 0.25) is 5.28 Å². The number of nitrogens with one attached hydrogen (secondary N) is 2. The van der Waals surface area contributed by atoms with Gasteiger partial charge in [0.15, 0.2) is 5.75 Å². The predicted octanol–water partition coefficient (Wildman–Crippen LogP) is 5.56. The third-order valence-corrected chi connectivity index (χ3v) is 13.2. The molecule has 0 aliphatic rings. The van der Waals surface area contributed by atoms with E-state index in [1.807, 2.05) is 0 Å². The van der Waals surface area contributed by atoms with Crippen LogP contribution in [0.5, 0.6) is 5.75 Å². The molecule has 0 fully saturated rings. The minimum absolute atomic E-state index is 0.0844. The quantitative estimate of drug-likeness (QED) is 0.0411.